The van der Waals surface area contributed by atoms with Gasteiger partial charge in [0.25, 0.3) is 0 Å². The SMILES string of the molecule is O=C(O)C1=C(C(=O)O)C(C(=O)O)OCC1C(=O)O. The number of hydrogen-bond donors (Lipinski definition) is 4. The van der Waals surface area contributed by atoms with Crippen LogP contribution >= 0.6 is 0 Å². The molecule has 4 N–H and O–H groups in total. The molecule has 0 saturated heterocycles. The smallest absolute Gasteiger partial charge is 0.337 e. The molecular weight excluding hydrogens is 252 g/mol. The number of carboxylic acids is 4. The van der Waals surface area contributed by atoms with Gasteiger partial charge in [-0.05, 0) is 0 Å². The summed E-state index contributed by atoms with van der Waals surface area (Å²) in [6.45, 7) is -0.718. The lowest BCUT2D eigenvalue weighted by Gasteiger charge is -2.26. The Labute approximate surface area is 98.9 Å². The van der Waals surface area contributed by atoms with Gasteiger partial charge in [0.1, 0.15) is 5.92 Å². The zero-order valence-corrected chi connectivity index (χ0v) is 8.69. The van der Waals surface area contributed by atoms with Gasteiger partial charge < -0.3 is 25.2 Å². The molecule has 9 heteroatoms. The Morgan fingerprint density at radius 1 is 0.889 bits per heavy atom. The Kier molecular flexibility index (Phi) is 3.67. The minimum absolute atomic E-state index is 0.718. The minimum Gasteiger partial charge on any atom is -0.481 e. The molecule has 2 atom stereocenters. The largest absolute Gasteiger partial charge is 0.481 e. The first kappa shape index (κ1) is 13.6. The van der Waals surface area contributed by atoms with Crippen LogP contribution < -0.4 is 0 Å². The van der Waals surface area contributed by atoms with Crippen molar-refractivity contribution in [3.05, 3.63) is 11.1 Å². The van der Waals surface area contributed by atoms with E-state index in [2.05, 4.69) is 4.74 Å². The van der Waals surface area contributed by atoms with Crippen LogP contribution in [-0.2, 0) is 23.9 Å². The van der Waals surface area contributed by atoms with Crippen molar-refractivity contribution in [3.8, 4) is 0 Å². The van der Waals surface area contributed by atoms with Crippen molar-refractivity contribution < 1.29 is 44.3 Å². The minimum atomic E-state index is -2.00. The molecule has 18 heavy (non-hydrogen) atoms. The highest BCUT2D eigenvalue weighted by atomic mass is 16.5. The van der Waals surface area contributed by atoms with Crippen LogP contribution in [0, 0.1) is 5.92 Å². The molecule has 1 heterocycles. The van der Waals surface area contributed by atoms with Crippen LogP contribution in [0.4, 0.5) is 0 Å². The van der Waals surface area contributed by atoms with Gasteiger partial charge in [-0.1, -0.05) is 0 Å². The summed E-state index contributed by atoms with van der Waals surface area (Å²) in [5.74, 6) is -8.66. The first-order valence-electron chi connectivity index (χ1n) is 4.55. The van der Waals surface area contributed by atoms with Gasteiger partial charge in [0, 0.05) is 0 Å². The van der Waals surface area contributed by atoms with Crippen molar-refractivity contribution in [2.24, 2.45) is 5.92 Å². The fraction of sp³-hybridized carbons (Fsp3) is 0.333. The number of carboxylic acid groups (broad SMARTS) is 4. The molecule has 0 bridgehead atoms. The van der Waals surface area contributed by atoms with Crippen molar-refractivity contribution in [3.63, 3.8) is 0 Å². The third-order valence-electron chi connectivity index (χ3n) is 2.31. The average Bonchev–Trinajstić information content (AvgIpc) is 2.26. The zero-order valence-electron chi connectivity index (χ0n) is 8.69. The molecule has 2 unspecified atom stereocenters. The quantitative estimate of drug-likeness (QED) is 0.478. The second-order valence-electron chi connectivity index (χ2n) is 3.38. The normalized spacial score (nSPS) is 23.6. The van der Waals surface area contributed by atoms with E-state index in [0.29, 0.717) is 0 Å². The van der Waals surface area contributed by atoms with Crippen LogP contribution in [0.25, 0.3) is 0 Å². The van der Waals surface area contributed by atoms with E-state index in [1.807, 2.05) is 0 Å². The molecule has 1 aliphatic rings. The number of ether oxygens (including phenoxy) is 1. The molecule has 0 aromatic carbocycles. The maximum atomic E-state index is 10.9. The van der Waals surface area contributed by atoms with Gasteiger partial charge in [0.05, 0.1) is 17.8 Å². The van der Waals surface area contributed by atoms with Gasteiger partial charge in [0.15, 0.2) is 6.10 Å². The summed E-state index contributed by atoms with van der Waals surface area (Å²) in [5.41, 5.74) is -2.05. The molecule has 0 aliphatic carbocycles. The predicted octanol–water partition coefficient (Wildman–Crippen LogP) is -1.36. The van der Waals surface area contributed by atoms with Gasteiger partial charge in [-0.25, -0.2) is 14.4 Å². The van der Waals surface area contributed by atoms with Crippen LogP contribution in [0.3, 0.4) is 0 Å². The van der Waals surface area contributed by atoms with Crippen molar-refractivity contribution in [2.75, 3.05) is 6.61 Å². The van der Waals surface area contributed by atoms with Crippen LogP contribution in [0.1, 0.15) is 0 Å². The molecule has 98 valence electrons. The fourth-order valence-corrected chi connectivity index (χ4v) is 1.57. The molecule has 0 aromatic rings. The van der Waals surface area contributed by atoms with Crippen LogP contribution in [0.5, 0.6) is 0 Å². The van der Waals surface area contributed by atoms with Gasteiger partial charge in [-0.3, -0.25) is 4.79 Å². The summed E-state index contributed by atoms with van der Waals surface area (Å²) in [6, 6.07) is 0. The van der Waals surface area contributed by atoms with Crippen molar-refractivity contribution in [1.82, 2.24) is 0 Å². The molecule has 0 radical (unpaired) electrons. The predicted molar refractivity (Wildman–Crippen MR) is 50.8 cm³/mol. The van der Waals surface area contributed by atoms with Gasteiger partial charge in [-0.15, -0.1) is 0 Å². The Morgan fingerprint density at radius 3 is 1.72 bits per heavy atom. The average molecular weight is 260 g/mol. The van der Waals surface area contributed by atoms with Crippen molar-refractivity contribution in [2.45, 2.75) is 6.10 Å². The Bertz CT molecular complexity index is 419. The lowest BCUT2D eigenvalue weighted by molar-refractivity contribution is -0.158. The number of hydrogen-bond acceptors (Lipinski definition) is 5. The summed E-state index contributed by atoms with van der Waals surface area (Å²) in [5, 5.41) is 35.1. The number of carbonyl (C=O) groups is 4. The van der Waals surface area contributed by atoms with E-state index in [1.165, 1.54) is 0 Å². The highest BCUT2D eigenvalue weighted by Gasteiger charge is 2.44. The molecule has 1 rings (SSSR count). The van der Waals surface area contributed by atoms with E-state index in [0.717, 1.165) is 0 Å². The molecule has 0 fully saturated rings. The summed E-state index contributed by atoms with van der Waals surface area (Å²) in [7, 11) is 0. The highest BCUT2D eigenvalue weighted by Crippen LogP contribution is 2.27. The first-order chi connectivity index (χ1) is 8.27. The van der Waals surface area contributed by atoms with Crippen molar-refractivity contribution >= 4 is 23.9 Å². The van der Waals surface area contributed by atoms with E-state index in [9.17, 15) is 19.2 Å². The fourth-order valence-electron chi connectivity index (χ4n) is 1.57. The summed E-state index contributed by atoms with van der Waals surface area (Å²) in [6.07, 6.45) is -2.00. The van der Waals surface area contributed by atoms with E-state index in [-0.39, 0.29) is 0 Å². The molecule has 1 aliphatic heterocycles. The van der Waals surface area contributed by atoms with Gasteiger partial charge >= 0.3 is 23.9 Å². The van der Waals surface area contributed by atoms with Gasteiger partial charge in [-0.2, -0.15) is 0 Å². The summed E-state index contributed by atoms with van der Waals surface area (Å²) in [4.78, 5) is 43.4. The lowest BCUT2D eigenvalue weighted by atomic mass is 9.89. The highest BCUT2D eigenvalue weighted by molar-refractivity contribution is 6.06. The second-order valence-corrected chi connectivity index (χ2v) is 3.38. The topological polar surface area (TPSA) is 158 Å². The van der Waals surface area contributed by atoms with E-state index >= 15 is 0 Å². The first-order valence-corrected chi connectivity index (χ1v) is 4.55. The molecule has 0 amide bonds. The summed E-state index contributed by atoms with van der Waals surface area (Å²) >= 11 is 0. The zero-order chi connectivity index (χ0) is 14.0. The standard InChI is InChI=1S/C9H8O9/c10-6(11)2-1-18-5(9(16)17)4(8(14)15)3(2)7(12)13/h2,5H,1H2,(H,10,11)(H,12,13)(H,14,15)(H,16,17). The van der Waals surface area contributed by atoms with E-state index < -0.39 is 53.7 Å². The third-order valence-corrected chi connectivity index (χ3v) is 2.31. The number of aliphatic carboxylic acids is 4. The van der Waals surface area contributed by atoms with Crippen LogP contribution in [-0.4, -0.2) is 57.0 Å². The Balaban J connectivity index is 3.47. The molecule has 0 spiro atoms. The maximum Gasteiger partial charge on any atom is 0.337 e. The maximum absolute atomic E-state index is 10.9. The molecule has 0 aromatic heterocycles. The van der Waals surface area contributed by atoms with Crippen molar-refractivity contribution in [1.29, 1.82) is 0 Å². The lowest BCUT2D eigenvalue weighted by Crippen LogP contribution is -2.42. The Morgan fingerprint density at radius 2 is 1.39 bits per heavy atom. The molecular formula is C9H8O9. The summed E-state index contributed by atoms with van der Waals surface area (Å²) < 4.78 is 4.59. The van der Waals surface area contributed by atoms with Crippen LogP contribution in [0.2, 0.25) is 0 Å². The second kappa shape index (κ2) is 4.84. The number of rotatable bonds is 4. The Hall–Kier alpha value is -2.42. The van der Waals surface area contributed by atoms with E-state index in [1.54, 1.807) is 0 Å². The van der Waals surface area contributed by atoms with E-state index in [4.69, 9.17) is 20.4 Å². The third kappa shape index (κ3) is 2.30. The van der Waals surface area contributed by atoms with Gasteiger partial charge in [0.2, 0.25) is 0 Å². The molecule has 9 nitrogen and oxygen atoms in total. The van der Waals surface area contributed by atoms with Crippen LogP contribution in [0.15, 0.2) is 11.1 Å². The monoisotopic (exact) mass is 260 g/mol. The molecule has 0 saturated carbocycles.